The molecule has 5 rings (SSSR count). The highest BCUT2D eigenvalue weighted by Crippen LogP contribution is 2.44. The molecule has 0 spiro atoms. The SMILES string of the molecule is C=C(NNC(=O)c1ccccc1-n1cccc1)c1ccc2c(c1)Nc1ccccc1S2. The van der Waals surface area contributed by atoms with E-state index < -0.39 is 0 Å². The Bertz CT molecular complexity index is 1280. The highest BCUT2D eigenvalue weighted by Gasteiger charge is 2.16. The topological polar surface area (TPSA) is 58.1 Å². The van der Waals surface area contributed by atoms with Crippen molar-refractivity contribution in [3.8, 4) is 5.69 Å². The van der Waals surface area contributed by atoms with Crippen LogP contribution in [0.1, 0.15) is 15.9 Å². The predicted octanol–water partition coefficient (Wildman–Crippen LogP) is 5.59. The van der Waals surface area contributed by atoms with Crippen molar-refractivity contribution in [2.45, 2.75) is 9.79 Å². The Morgan fingerprint density at radius 2 is 1.58 bits per heavy atom. The highest BCUT2D eigenvalue weighted by molar-refractivity contribution is 7.99. The van der Waals surface area contributed by atoms with Crippen LogP contribution >= 0.6 is 11.8 Å². The molecule has 0 fully saturated rings. The molecule has 0 bridgehead atoms. The van der Waals surface area contributed by atoms with Crippen LogP contribution in [-0.2, 0) is 0 Å². The molecule has 2 heterocycles. The van der Waals surface area contributed by atoms with E-state index in [-0.39, 0.29) is 5.91 Å². The number of carbonyl (C=O) groups is 1. The minimum atomic E-state index is -0.231. The molecule has 1 aromatic heterocycles. The minimum Gasteiger partial charge on any atom is -0.354 e. The molecule has 3 N–H and O–H groups in total. The first-order chi connectivity index (χ1) is 15.2. The normalized spacial score (nSPS) is 11.6. The first kappa shape index (κ1) is 19.1. The summed E-state index contributed by atoms with van der Waals surface area (Å²) in [5.41, 5.74) is 10.7. The van der Waals surface area contributed by atoms with E-state index >= 15 is 0 Å². The van der Waals surface area contributed by atoms with Gasteiger partial charge < -0.3 is 9.88 Å². The third kappa shape index (κ3) is 3.81. The molecule has 5 nitrogen and oxygen atoms in total. The summed E-state index contributed by atoms with van der Waals surface area (Å²) >= 11 is 1.73. The van der Waals surface area contributed by atoms with Gasteiger partial charge in [0.2, 0.25) is 0 Å². The van der Waals surface area contributed by atoms with Gasteiger partial charge in [-0.1, -0.05) is 48.7 Å². The standard InChI is InChI=1S/C25H20N4OS/c1-17(18-12-13-24-21(16-18)26-20-9-3-5-11-23(20)31-24)27-28-25(30)19-8-2-4-10-22(19)29-14-6-7-15-29/h2-16,26-27H,1H2,(H,28,30). The Balaban J connectivity index is 1.30. The molecule has 0 unspecified atom stereocenters. The number of aromatic nitrogens is 1. The van der Waals surface area contributed by atoms with Crippen molar-refractivity contribution >= 4 is 34.7 Å². The van der Waals surface area contributed by atoms with Gasteiger partial charge in [0, 0.05) is 27.7 Å². The number of nitrogens with zero attached hydrogens (tertiary/aromatic N) is 1. The molecule has 31 heavy (non-hydrogen) atoms. The van der Waals surface area contributed by atoms with E-state index in [0.29, 0.717) is 11.3 Å². The molecular formula is C25H20N4OS. The van der Waals surface area contributed by atoms with Crippen molar-refractivity contribution < 1.29 is 4.79 Å². The van der Waals surface area contributed by atoms with E-state index in [4.69, 9.17) is 0 Å². The van der Waals surface area contributed by atoms with Crippen molar-refractivity contribution in [2.75, 3.05) is 5.32 Å². The number of hydrazine groups is 1. The summed E-state index contributed by atoms with van der Waals surface area (Å²) < 4.78 is 1.91. The molecule has 6 heteroatoms. The molecule has 0 radical (unpaired) electrons. The van der Waals surface area contributed by atoms with Crippen molar-refractivity contribution in [3.05, 3.63) is 109 Å². The maximum absolute atomic E-state index is 12.8. The lowest BCUT2D eigenvalue weighted by atomic mass is 10.1. The van der Waals surface area contributed by atoms with Crippen molar-refractivity contribution in [3.63, 3.8) is 0 Å². The molecule has 0 atom stereocenters. The maximum atomic E-state index is 12.8. The number of benzene rings is 3. The average Bonchev–Trinajstić information content (AvgIpc) is 3.35. The summed E-state index contributed by atoms with van der Waals surface area (Å²) in [6, 6.07) is 25.6. The van der Waals surface area contributed by atoms with Gasteiger partial charge in [-0.25, -0.2) is 0 Å². The summed E-state index contributed by atoms with van der Waals surface area (Å²) in [6.07, 6.45) is 3.82. The zero-order valence-corrected chi connectivity index (χ0v) is 17.4. The van der Waals surface area contributed by atoms with Crippen LogP contribution in [0.15, 0.2) is 108 Å². The molecule has 1 aliphatic heterocycles. The summed E-state index contributed by atoms with van der Waals surface area (Å²) in [5, 5.41) is 3.47. The van der Waals surface area contributed by atoms with E-state index in [2.05, 4.69) is 40.9 Å². The molecule has 1 aliphatic rings. The Morgan fingerprint density at radius 3 is 2.45 bits per heavy atom. The number of anilines is 2. The first-order valence-electron chi connectivity index (χ1n) is 9.85. The number of nitrogens with one attached hydrogen (secondary N) is 3. The fourth-order valence-electron chi connectivity index (χ4n) is 3.48. The van der Waals surface area contributed by atoms with E-state index in [0.717, 1.165) is 27.5 Å². The Labute approximate surface area is 184 Å². The lowest BCUT2D eigenvalue weighted by molar-refractivity contribution is 0.0942. The van der Waals surface area contributed by atoms with Gasteiger partial charge in [0.05, 0.1) is 28.3 Å². The maximum Gasteiger partial charge on any atom is 0.271 e. The van der Waals surface area contributed by atoms with Gasteiger partial charge in [-0.05, 0) is 48.5 Å². The van der Waals surface area contributed by atoms with Gasteiger partial charge in [0.15, 0.2) is 0 Å². The Kier molecular flexibility index (Phi) is 4.98. The van der Waals surface area contributed by atoms with Gasteiger partial charge in [-0.2, -0.15) is 0 Å². The summed E-state index contributed by atoms with van der Waals surface area (Å²) in [4.78, 5) is 15.2. The highest BCUT2D eigenvalue weighted by atomic mass is 32.2. The number of amides is 1. The van der Waals surface area contributed by atoms with Crippen molar-refractivity contribution in [2.24, 2.45) is 0 Å². The molecule has 4 aromatic rings. The van der Waals surface area contributed by atoms with E-state index in [1.807, 2.05) is 71.6 Å². The van der Waals surface area contributed by atoms with Crippen LogP contribution < -0.4 is 16.2 Å². The van der Waals surface area contributed by atoms with Gasteiger partial charge in [-0.15, -0.1) is 0 Å². The molecule has 0 saturated heterocycles. The van der Waals surface area contributed by atoms with Crippen LogP contribution in [-0.4, -0.2) is 10.5 Å². The fourth-order valence-corrected chi connectivity index (χ4v) is 4.45. The van der Waals surface area contributed by atoms with E-state index in [1.165, 1.54) is 4.90 Å². The molecule has 0 saturated carbocycles. The van der Waals surface area contributed by atoms with Crippen LogP contribution in [0.25, 0.3) is 11.4 Å². The van der Waals surface area contributed by atoms with Crippen LogP contribution in [0.5, 0.6) is 0 Å². The summed E-state index contributed by atoms with van der Waals surface area (Å²) in [5.74, 6) is -0.231. The number of hydrogen-bond donors (Lipinski definition) is 3. The number of carbonyl (C=O) groups excluding carboxylic acids is 1. The molecule has 152 valence electrons. The second kappa shape index (κ2) is 8.08. The van der Waals surface area contributed by atoms with Gasteiger partial charge >= 0.3 is 0 Å². The molecular weight excluding hydrogens is 404 g/mol. The predicted molar refractivity (Wildman–Crippen MR) is 126 cm³/mol. The minimum absolute atomic E-state index is 0.231. The van der Waals surface area contributed by atoms with Crippen LogP contribution in [0.3, 0.4) is 0 Å². The first-order valence-corrected chi connectivity index (χ1v) is 10.7. The third-order valence-corrected chi connectivity index (χ3v) is 6.21. The molecule has 1 amide bonds. The van der Waals surface area contributed by atoms with Crippen LogP contribution in [0.2, 0.25) is 0 Å². The molecule has 0 aliphatic carbocycles. The average molecular weight is 425 g/mol. The smallest absolute Gasteiger partial charge is 0.271 e. The molecule has 3 aromatic carbocycles. The van der Waals surface area contributed by atoms with Gasteiger partial charge in [0.25, 0.3) is 5.91 Å². The number of hydrogen-bond acceptors (Lipinski definition) is 4. The fraction of sp³-hybridized carbons (Fsp3) is 0. The van der Waals surface area contributed by atoms with Crippen LogP contribution in [0, 0.1) is 0 Å². The van der Waals surface area contributed by atoms with Gasteiger partial charge in [-0.3, -0.25) is 15.6 Å². The quantitative estimate of drug-likeness (QED) is 0.322. The van der Waals surface area contributed by atoms with Gasteiger partial charge in [0.1, 0.15) is 0 Å². The summed E-state index contributed by atoms with van der Waals surface area (Å²) in [6.45, 7) is 4.09. The monoisotopic (exact) mass is 424 g/mol. The lowest BCUT2D eigenvalue weighted by Gasteiger charge is -2.22. The van der Waals surface area contributed by atoms with Crippen molar-refractivity contribution in [1.82, 2.24) is 15.4 Å². The number of rotatable bonds is 5. The number of fused-ring (bicyclic) bond motifs is 2. The Hall–Kier alpha value is -3.90. The van der Waals surface area contributed by atoms with Crippen LogP contribution in [0.4, 0.5) is 11.4 Å². The zero-order valence-electron chi connectivity index (χ0n) is 16.6. The largest absolute Gasteiger partial charge is 0.354 e. The Morgan fingerprint density at radius 1 is 0.839 bits per heavy atom. The lowest BCUT2D eigenvalue weighted by Crippen LogP contribution is -2.36. The van der Waals surface area contributed by atoms with E-state index in [9.17, 15) is 4.79 Å². The van der Waals surface area contributed by atoms with Crippen molar-refractivity contribution in [1.29, 1.82) is 0 Å². The summed E-state index contributed by atoms with van der Waals surface area (Å²) in [7, 11) is 0. The second-order valence-electron chi connectivity index (χ2n) is 7.10. The zero-order chi connectivity index (χ0) is 21.2. The third-order valence-electron chi connectivity index (χ3n) is 5.06. The van der Waals surface area contributed by atoms with E-state index in [1.54, 1.807) is 17.8 Å². The second-order valence-corrected chi connectivity index (χ2v) is 8.18. The number of para-hydroxylation sites is 2.